The van der Waals surface area contributed by atoms with Crippen molar-refractivity contribution in [1.82, 2.24) is 0 Å². The number of benzene rings is 1. The van der Waals surface area contributed by atoms with Gasteiger partial charge in [-0.3, -0.25) is 5.84 Å². The summed E-state index contributed by atoms with van der Waals surface area (Å²) in [4.78, 5) is 11.2. The molecule has 0 bridgehead atoms. The van der Waals surface area contributed by atoms with Crippen LogP contribution in [0.2, 0.25) is 0 Å². The van der Waals surface area contributed by atoms with E-state index >= 15 is 0 Å². The van der Waals surface area contributed by atoms with E-state index in [0.29, 0.717) is 0 Å². The van der Waals surface area contributed by atoms with Gasteiger partial charge in [0.15, 0.2) is 5.82 Å². The molecule has 0 atom stereocenters. The third-order valence-electron chi connectivity index (χ3n) is 1.65. The summed E-state index contributed by atoms with van der Waals surface area (Å²) < 4.78 is 18.1. The molecule has 0 aromatic heterocycles. The average Bonchev–Trinajstić information content (AvgIpc) is 2.18. The van der Waals surface area contributed by atoms with Gasteiger partial charge in [-0.2, -0.15) is 0 Å². The van der Waals surface area contributed by atoms with Crippen molar-refractivity contribution >= 4 is 11.7 Å². The molecule has 0 saturated heterocycles. The fourth-order valence-electron chi connectivity index (χ4n) is 1.01. The van der Waals surface area contributed by atoms with E-state index in [1.807, 2.05) is 0 Å². The summed E-state index contributed by atoms with van der Waals surface area (Å²) in [5.74, 6) is 3.66. The Hall–Kier alpha value is -1.62. The number of hydrogen-bond acceptors (Lipinski definition) is 4. The second-order valence-electron chi connectivity index (χ2n) is 2.53. The molecule has 76 valence electrons. The summed E-state index contributed by atoms with van der Waals surface area (Å²) in [5, 5.41) is 0. The van der Waals surface area contributed by atoms with Crippen molar-refractivity contribution in [3.8, 4) is 0 Å². The lowest BCUT2D eigenvalue weighted by molar-refractivity contribution is 0.0521. The molecule has 0 fully saturated rings. The normalized spacial score (nSPS) is 9.64. The topological polar surface area (TPSA) is 64.3 Å². The Kier molecular flexibility index (Phi) is 3.41. The van der Waals surface area contributed by atoms with Gasteiger partial charge >= 0.3 is 5.97 Å². The Labute approximate surface area is 80.8 Å². The van der Waals surface area contributed by atoms with Crippen molar-refractivity contribution in [2.45, 2.75) is 6.92 Å². The van der Waals surface area contributed by atoms with Crippen molar-refractivity contribution in [2.75, 3.05) is 12.0 Å². The number of esters is 1. The van der Waals surface area contributed by atoms with Crippen LogP contribution in [0.3, 0.4) is 0 Å². The molecule has 5 heteroatoms. The van der Waals surface area contributed by atoms with Gasteiger partial charge < -0.3 is 10.2 Å². The smallest absolute Gasteiger partial charge is 0.341 e. The molecule has 0 aliphatic rings. The molecule has 0 aliphatic heterocycles. The Morgan fingerprint density at radius 1 is 1.64 bits per heavy atom. The minimum Gasteiger partial charge on any atom is -0.462 e. The molecular weight excluding hydrogens is 187 g/mol. The molecule has 0 unspecified atom stereocenters. The van der Waals surface area contributed by atoms with E-state index in [1.165, 1.54) is 18.2 Å². The number of hydrogen-bond donors (Lipinski definition) is 2. The number of carbonyl (C=O) groups is 1. The van der Waals surface area contributed by atoms with Gasteiger partial charge in [0, 0.05) is 0 Å². The number of hydrazine groups is 1. The van der Waals surface area contributed by atoms with E-state index in [9.17, 15) is 9.18 Å². The van der Waals surface area contributed by atoms with Crippen LogP contribution in [0.15, 0.2) is 18.2 Å². The van der Waals surface area contributed by atoms with Gasteiger partial charge in [0.2, 0.25) is 0 Å². The first-order valence-electron chi connectivity index (χ1n) is 4.13. The second kappa shape index (κ2) is 4.57. The molecule has 0 saturated carbocycles. The molecule has 1 aromatic rings. The number of anilines is 1. The number of rotatable bonds is 3. The molecule has 1 rings (SSSR count). The lowest BCUT2D eigenvalue weighted by Gasteiger charge is -2.06. The zero-order chi connectivity index (χ0) is 10.6. The van der Waals surface area contributed by atoms with Crippen LogP contribution in [0.25, 0.3) is 0 Å². The maximum atomic E-state index is 13.4. The predicted octanol–water partition coefficient (Wildman–Crippen LogP) is 1.29. The molecule has 0 amide bonds. The summed E-state index contributed by atoms with van der Waals surface area (Å²) >= 11 is 0. The van der Waals surface area contributed by atoms with Gasteiger partial charge in [-0.15, -0.1) is 0 Å². The van der Waals surface area contributed by atoms with Crippen LogP contribution in [0.4, 0.5) is 10.1 Å². The Morgan fingerprint density at radius 2 is 2.36 bits per heavy atom. The van der Waals surface area contributed by atoms with Crippen molar-refractivity contribution < 1.29 is 13.9 Å². The van der Waals surface area contributed by atoms with E-state index < -0.39 is 11.8 Å². The first-order valence-corrected chi connectivity index (χ1v) is 4.13. The first-order chi connectivity index (χ1) is 6.70. The molecule has 0 aliphatic carbocycles. The van der Waals surface area contributed by atoms with Gasteiger partial charge in [-0.25, -0.2) is 9.18 Å². The van der Waals surface area contributed by atoms with Gasteiger partial charge in [-0.05, 0) is 19.1 Å². The highest BCUT2D eigenvalue weighted by atomic mass is 19.1. The summed E-state index contributed by atoms with van der Waals surface area (Å²) in [6.45, 7) is 1.86. The van der Waals surface area contributed by atoms with E-state index in [0.717, 1.165) is 0 Å². The van der Waals surface area contributed by atoms with Crippen molar-refractivity contribution in [2.24, 2.45) is 5.84 Å². The minimum absolute atomic E-state index is 0.0653. The predicted molar refractivity (Wildman–Crippen MR) is 50.2 cm³/mol. The SMILES string of the molecule is CCOC(=O)c1cccc(NN)c1F. The van der Waals surface area contributed by atoms with E-state index in [4.69, 9.17) is 5.84 Å². The van der Waals surface area contributed by atoms with Crippen LogP contribution in [-0.4, -0.2) is 12.6 Å². The van der Waals surface area contributed by atoms with Crippen LogP contribution >= 0.6 is 0 Å². The highest BCUT2D eigenvalue weighted by Gasteiger charge is 2.14. The van der Waals surface area contributed by atoms with E-state index in [2.05, 4.69) is 10.2 Å². The van der Waals surface area contributed by atoms with Gasteiger partial charge in [0.25, 0.3) is 0 Å². The van der Waals surface area contributed by atoms with Crippen molar-refractivity contribution in [3.05, 3.63) is 29.6 Å². The van der Waals surface area contributed by atoms with Gasteiger partial charge in [-0.1, -0.05) is 6.07 Å². The standard InChI is InChI=1S/C9H11FN2O2/c1-2-14-9(13)6-4-3-5-7(12-11)8(6)10/h3-5,12H,2,11H2,1H3. The van der Waals surface area contributed by atoms with Crippen molar-refractivity contribution in [1.29, 1.82) is 0 Å². The summed E-state index contributed by atoms with van der Waals surface area (Å²) in [7, 11) is 0. The van der Waals surface area contributed by atoms with Crippen LogP contribution in [0.1, 0.15) is 17.3 Å². The summed E-state index contributed by atoms with van der Waals surface area (Å²) in [6.07, 6.45) is 0. The molecule has 1 aromatic carbocycles. The quantitative estimate of drug-likeness (QED) is 0.436. The number of halogens is 1. The fourth-order valence-corrected chi connectivity index (χ4v) is 1.01. The maximum absolute atomic E-state index is 13.4. The lowest BCUT2D eigenvalue weighted by atomic mass is 10.2. The molecule has 14 heavy (non-hydrogen) atoms. The lowest BCUT2D eigenvalue weighted by Crippen LogP contribution is -2.13. The summed E-state index contributed by atoms with van der Waals surface area (Å²) in [5.41, 5.74) is 2.09. The Bertz CT molecular complexity index is 342. The third-order valence-corrected chi connectivity index (χ3v) is 1.65. The molecule has 0 radical (unpaired) electrons. The fraction of sp³-hybridized carbons (Fsp3) is 0.222. The van der Waals surface area contributed by atoms with Gasteiger partial charge in [0.05, 0.1) is 17.9 Å². The highest BCUT2D eigenvalue weighted by molar-refractivity contribution is 5.90. The zero-order valence-electron chi connectivity index (χ0n) is 7.71. The number of nitrogens with two attached hydrogens (primary N) is 1. The van der Waals surface area contributed by atoms with Crippen LogP contribution < -0.4 is 11.3 Å². The molecule has 0 heterocycles. The highest BCUT2D eigenvalue weighted by Crippen LogP contribution is 2.17. The number of carbonyl (C=O) groups excluding carboxylic acids is 1. The van der Waals surface area contributed by atoms with E-state index in [1.54, 1.807) is 6.92 Å². The van der Waals surface area contributed by atoms with Crippen LogP contribution in [0, 0.1) is 5.82 Å². The molecular formula is C9H11FN2O2. The average molecular weight is 198 g/mol. The number of nitrogen functional groups attached to an aromatic ring is 1. The minimum atomic E-state index is -0.701. The third kappa shape index (κ3) is 2.00. The number of ether oxygens (including phenoxy) is 1. The monoisotopic (exact) mass is 198 g/mol. The Morgan fingerprint density at radius 3 is 2.93 bits per heavy atom. The number of nitrogens with one attached hydrogen (secondary N) is 1. The maximum Gasteiger partial charge on any atom is 0.341 e. The largest absolute Gasteiger partial charge is 0.462 e. The zero-order valence-corrected chi connectivity index (χ0v) is 7.71. The van der Waals surface area contributed by atoms with Crippen LogP contribution in [-0.2, 0) is 4.74 Å². The first kappa shape index (κ1) is 10.5. The van der Waals surface area contributed by atoms with E-state index in [-0.39, 0.29) is 17.9 Å². The Balaban J connectivity index is 3.03. The molecule has 0 spiro atoms. The molecule has 3 N–H and O–H groups in total. The summed E-state index contributed by atoms with van der Waals surface area (Å²) in [6, 6.07) is 4.29. The van der Waals surface area contributed by atoms with Crippen molar-refractivity contribution in [3.63, 3.8) is 0 Å². The second-order valence-corrected chi connectivity index (χ2v) is 2.53. The molecule has 4 nitrogen and oxygen atoms in total. The van der Waals surface area contributed by atoms with Gasteiger partial charge in [0.1, 0.15) is 0 Å². The van der Waals surface area contributed by atoms with Crippen LogP contribution in [0.5, 0.6) is 0 Å².